The zero-order valence-electron chi connectivity index (χ0n) is 13.4. The van der Waals surface area contributed by atoms with Crippen LogP contribution < -0.4 is 16.7 Å². The Morgan fingerprint density at radius 3 is 2.27 bits per heavy atom. The van der Waals surface area contributed by atoms with E-state index >= 15 is 0 Å². The van der Waals surface area contributed by atoms with E-state index < -0.39 is 17.1 Å². The van der Waals surface area contributed by atoms with E-state index in [2.05, 4.69) is 0 Å². The van der Waals surface area contributed by atoms with Gasteiger partial charge >= 0.3 is 5.69 Å². The first kappa shape index (κ1) is 17.1. The second-order valence-corrected chi connectivity index (χ2v) is 5.26. The summed E-state index contributed by atoms with van der Waals surface area (Å²) in [7, 11) is 0. The molecule has 0 bridgehead atoms. The summed E-state index contributed by atoms with van der Waals surface area (Å²) in [6.45, 7) is 0. The number of rotatable bonds is 1. The molecule has 0 radical (unpaired) electrons. The maximum Gasteiger partial charge on any atom is 0.325 e. The maximum absolute atomic E-state index is 12.0. The van der Waals surface area contributed by atoms with Crippen molar-refractivity contribution in [2.75, 3.05) is 0 Å². The van der Waals surface area contributed by atoms with Gasteiger partial charge in [-0.15, -0.1) is 0 Å². The lowest BCUT2D eigenvalue weighted by Crippen LogP contribution is -2.23. The molecule has 130 valence electrons. The molecule has 0 unspecified atom stereocenters. The fourth-order valence-electron chi connectivity index (χ4n) is 2.24. The van der Waals surface area contributed by atoms with E-state index in [9.17, 15) is 18.8 Å². The third kappa shape index (κ3) is 3.84. The van der Waals surface area contributed by atoms with Gasteiger partial charge in [0.25, 0.3) is 5.56 Å². The van der Waals surface area contributed by atoms with Crippen molar-refractivity contribution in [3.8, 4) is 11.3 Å². The van der Waals surface area contributed by atoms with Gasteiger partial charge < -0.3 is 9.40 Å². The van der Waals surface area contributed by atoms with Crippen molar-refractivity contribution in [2.24, 2.45) is 0 Å². The summed E-state index contributed by atoms with van der Waals surface area (Å²) in [6.07, 6.45) is 0.709. The number of nitrogens with one attached hydrogen (secondary N) is 2. The fraction of sp³-hybridized carbons (Fsp3) is 0. The van der Waals surface area contributed by atoms with Gasteiger partial charge in [-0.3, -0.25) is 14.6 Å². The van der Waals surface area contributed by atoms with Crippen molar-refractivity contribution in [2.45, 2.75) is 0 Å². The number of benzene rings is 2. The maximum atomic E-state index is 12.0. The minimum atomic E-state index is -1.00. The first-order chi connectivity index (χ1) is 12.5. The number of hydrogen-bond donors (Lipinski definition) is 2. The highest BCUT2D eigenvalue weighted by molar-refractivity contribution is 5.78. The Morgan fingerprint density at radius 2 is 1.58 bits per heavy atom. The van der Waals surface area contributed by atoms with Crippen LogP contribution in [0.1, 0.15) is 0 Å². The van der Waals surface area contributed by atoms with Gasteiger partial charge in [-0.2, -0.15) is 4.39 Å². The Morgan fingerprint density at radius 1 is 0.885 bits per heavy atom. The van der Waals surface area contributed by atoms with Crippen LogP contribution in [0.25, 0.3) is 22.3 Å². The van der Waals surface area contributed by atoms with Gasteiger partial charge in [0.1, 0.15) is 11.3 Å². The SMILES string of the molecule is O=c1[nH]cc(F)c(=O)[nH]1.O=c1cc(-c2ccccc2)oc2ccccc12. The summed E-state index contributed by atoms with van der Waals surface area (Å²) in [5, 5.41) is 0.618. The van der Waals surface area contributed by atoms with Crippen LogP contribution in [0.3, 0.4) is 0 Å². The van der Waals surface area contributed by atoms with E-state index in [0.717, 1.165) is 5.56 Å². The average molecular weight is 352 g/mol. The lowest BCUT2D eigenvalue weighted by molar-refractivity contribution is 0.597. The number of aromatic nitrogens is 2. The van der Waals surface area contributed by atoms with Gasteiger partial charge in [0.15, 0.2) is 5.43 Å². The lowest BCUT2D eigenvalue weighted by Gasteiger charge is -2.02. The molecule has 0 aliphatic rings. The van der Waals surface area contributed by atoms with Crippen molar-refractivity contribution in [3.63, 3.8) is 0 Å². The quantitative estimate of drug-likeness (QED) is 0.550. The zero-order chi connectivity index (χ0) is 18.5. The van der Waals surface area contributed by atoms with Gasteiger partial charge in [0.2, 0.25) is 5.82 Å². The predicted octanol–water partition coefficient (Wildman–Crippen LogP) is 2.66. The molecule has 2 N–H and O–H groups in total. The van der Waals surface area contributed by atoms with Crippen LogP contribution in [0, 0.1) is 5.82 Å². The molecule has 26 heavy (non-hydrogen) atoms. The molecule has 0 aliphatic heterocycles. The Balaban J connectivity index is 0.000000185. The molecule has 4 aromatic rings. The molecule has 2 aromatic heterocycles. The zero-order valence-corrected chi connectivity index (χ0v) is 13.4. The Hall–Kier alpha value is -3.74. The van der Waals surface area contributed by atoms with Gasteiger partial charge in [0.05, 0.1) is 5.39 Å². The highest BCUT2D eigenvalue weighted by atomic mass is 19.1. The van der Waals surface area contributed by atoms with Crippen LogP contribution in [0.15, 0.2) is 85.7 Å². The van der Waals surface area contributed by atoms with Crippen LogP contribution in [0.4, 0.5) is 4.39 Å². The molecule has 2 aromatic carbocycles. The summed E-state index contributed by atoms with van der Waals surface area (Å²) in [6, 6.07) is 18.4. The summed E-state index contributed by atoms with van der Waals surface area (Å²) >= 11 is 0. The highest BCUT2D eigenvalue weighted by Gasteiger charge is 2.05. The standard InChI is InChI=1S/C15H10O2.C4H3FN2O2/c16-13-10-15(11-6-2-1-3-7-11)17-14-9-5-4-8-12(13)14;5-2-1-6-4(9)7-3(2)8/h1-10H;1H,(H2,6,7,8,9). The molecule has 7 heteroatoms. The lowest BCUT2D eigenvalue weighted by atomic mass is 10.1. The van der Waals surface area contributed by atoms with Gasteiger partial charge in [0, 0.05) is 17.8 Å². The minimum Gasteiger partial charge on any atom is -0.456 e. The molecule has 0 saturated carbocycles. The molecular formula is C19H13FN2O4. The Kier molecular flexibility index (Phi) is 4.89. The molecule has 0 amide bonds. The predicted molar refractivity (Wildman–Crippen MR) is 95.6 cm³/mol. The second kappa shape index (κ2) is 7.43. The fourth-order valence-corrected chi connectivity index (χ4v) is 2.24. The van der Waals surface area contributed by atoms with Crippen LogP contribution >= 0.6 is 0 Å². The van der Waals surface area contributed by atoms with Crippen molar-refractivity contribution < 1.29 is 8.81 Å². The van der Waals surface area contributed by atoms with Crippen LogP contribution in [-0.4, -0.2) is 9.97 Å². The van der Waals surface area contributed by atoms with Gasteiger partial charge in [-0.1, -0.05) is 42.5 Å². The summed E-state index contributed by atoms with van der Waals surface area (Å²) in [4.78, 5) is 35.9. The molecular weight excluding hydrogens is 339 g/mol. The van der Waals surface area contributed by atoms with Crippen LogP contribution in [0.5, 0.6) is 0 Å². The molecule has 0 saturated heterocycles. The average Bonchev–Trinajstić information content (AvgIpc) is 2.66. The number of para-hydroxylation sites is 1. The minimum absolute atomic E-state index is 0.00861. The van der Waals surface area contributed by atoms with Crippen LogP contribution in [0.2, 0.25) is 0 Å². The first-order valence-electron chi connectivity index (χ1n) is 7.60. The van der Waals surface area contributed by atoms with E-state index in [4.69, 9.17) is 4.42 Å². The number of aromatic amines is 2. The molecule has 4 rings (SSSR count). The normalized spacial score (nSPS) is 10.2. The van der Waals surface area contributed by atoms with E-state index in [0.29, 0.717) is 22.9 Å². The van der Waals surface area contributed by atoms with E-state index in [-0.39, 0.29) is 5.43 Å². The van der Waals surface area contributed by atoms with E-state index in [1.54, 1.807) is 11.1 Å². The molecule has 0 fully saturated rings. The van der Waals surface area contributed by atoms with E-state index in [1.165, 1.54) is 6.07 Å². The van der Waals surface area contributed by atoms with Gasteiger partial charge in [-0.25, -0.2) is 4.79 Å². The van der Waals surface area contributed by atoms with Crippen molar-refractivity contribution in [1.82, 2.24) is 9.97 Å². The van der Waals surface area contributed by atoms with Crippen LogP contribution in [-0.2, 0) is 0 Å². The molecule has 6 nitrogen and oxygen atoms in total. The Labute approximate surface area is 145 Å². The number of H-pyrrole nitrogens is 2. The summed E-state index contributed by atoms with van der Waals surface area (Å²) in [5.74, 6) is -0.385. The van der Waals surface area contributed by atoms with E-state index in [1.807, 2.05) is 53.5 Å². The third-order valence-corrected chi connectivity index (χ3v) is 3.47. The first-order valence-corrected chi connectivity index (χ1v) is 7.60. The number of hydrogen-bond acceptors (Lipinski definition) is 4. The molecule has 0 spiro atoms. The van der Waals surface area contributed by atoms with Gasteiger partial charge in [-0.05, 0) is 12.1 Å². The topological polar surface area (TPSA) is 95.9 Å². The van der Waals surface area contributed by atoms with Crippen molar-refractivity contribution in [3.05, 3.63) is 104 Å². The van der Waals surface area contributed by atoms with Crippen molar-refractivity contribution >= 4 is 11.0 Å². The van der Waals surface area contributed by atoms with Crippen molar-refractivity contribution in [1.29, 1.82) is 0 Å². The Bertz CT molecular complexity index is 1210. The summed E-state index contributed by atoms with van der Waals surface area (Å²) in [5.41, 5.74) is -0.181. The largest absolute Gasteiger partial charge is 0.456 e. The third-order valence-electron chi connectivity index (χ3n) is 3.47. The molecule has 0 atom stereocenters. The monoisotopic (exact) mass is 352 g/mol. The number of fused-ring (bicyclic) bond motifs is 1. The second-order valence-electron chi connectivity index (χ2n) is 5.26. The summed E-state index contributed by atoms with van der Waals surface area (Å²) < 4.78 is 17.7. The highest BCUT2D eigenvalue weighted by Crippen LogP contribution is 2.21. The molecule has 0 aliphatic carbocycles. The smallest absolute Gasteiger partial charge is 0.325 e. The molecule has 2 heterocycles. The number of halogens is 1.